The van der Waals surface area contributed by atoms with Crippen molar-refractivity contribution in [2.75, 3.05) is 6.54 Å². The third-order valence-electron chi connectivity index (χ3n) is 6.23. The first-order valence-electron chi connectivity index (χ1n) is 11.0. The average molecular weight is 483 g/mol. The zero-order chi connectivity index (χ0) is 25.2. The minimum atomic E-state index is -4.49. The number of hydrogen-bond donors (Lipinski definition) is 2. The number of carboxylic acids is 1. The first-order valence-corrected chi connectivity index (χ1v) is 11.0. The van der Waals surface area contributed by atoms with Crippen molar-refractivity contribution in [1.29, 1.82) is 0 Å². The van der Waals surface area contributed by atoms with Crippen LogP contribution in [0.3, 0.4) is 0 Å². The van der Waals surface area contributed by atoms with Crippen LogP contribution in [0.15, 0.2) is 71.3 Å². The minimum absolute atomic E-state index is 0.0411. The number of nitrogens with zero attached hydrogens (tertiary/aromatic N) is 2. The number of carbonyl (C=O) groups is 1. The molecule has 182 valence electrons. The molecule has 0 fully saturated rings. The maximum Gasteiger partial charge on any atom is 0.398 e. The molecule has 1 aliphatic rings. The van der Waals surface area contributed by atoms with E-state index < -0.39 is 17.6 Å². The maximum atomic E-state index is 14.3. The SMILES string of the molecule is CC(NCC(=O)O)c1ccc(-c2noc(C3=CC=C(c4ccccc4)C(C)(C(F)(F)F)C3)n2)cc1. The van der Waals surface area contributed by atoms with Gasteiger partial charge in [0.15, 0.2) is 0 Å². The fourth-order valence-electron chi connectivity index (χ4n) is 4.09. The molecule has 0 radical (unpaired) electrons. The van der Waals surface area contributed by atoms with E-state index in [1.165, 1.54) is 13.0 Å². The molecule has 35 heavy (non-hydrogen) atoms. The Labute approximate surface area is 200 Å². The van der Waals surface area contributed by atoms with Crippen LogP contribution in [-0.4, -0.2) is 33.9 Å². The molecular weight excluding hydrogens is 459 g/mol. The molecule has 6 nitrogen and oxygen atoms in total. The number of carboxylic acid groups (broad SMARTS) is 1. The van der Waals surface area contributed by atoms with Crippen LogP contribution < -0.4 is 5.32 Å². The van der Waals surface area contributed by atoms with Gasteiger partial charge in [0.1, 0.15) is 0 Å². The van der Waals surface area contributed by atoms with Gasteiger partial charge in [0.2, 0.25) is 5.82 Å². The van der Waals surface area contributed by atoms with Crippen LogP contribution in [0.2, 0.25) is 0 Å². The Hall–Kier alpha value is -3.72. The van der Waals surface area contributed by atoms with Gasteiger partial charge in [-0.2, -0.15) is 18.2 Å². The summed E-state index contributed by atoms with van der Waals surface area (Å²) in [5.74, 6) is -0.651. The van der Waals surface area contributed by atoms with E-state index in [9.17, 15) is 18.0 Å². The number of alkyl halides is 3. The molecule has 1 heterocycles. The standard InChI is InChI=1S/C26H24F3N3O3/c1-16(30-15-22(33)34)17-8-10-19(11-9-17)23-31-24(35-32-23)20-12-13-21(18-6-4-3-5-7-18)25(2,14-20)26(27,28)29/h3-13,16,30H,14-15H2,1-2H3,(H,33,34). The normalized spacial score (nSPS) is 19.1. The maximum absolute atomic E-state index is 14.3. The summed E-state index contributed by atoms with van der Waals surface area (Å²) in [5.41, 5.74) is 0.397. The number of benzene rings is 2. The van der Waals surface area contributed by atoms with Crippen LogP contribution in [0.25, 0.3) is 22.5 Å². The largest absolute Gasteiger partial charge is 0.480 e. The Morgan fingerprint density at radius 1 is 1.11 bits per heavy atom. The van der Waals surface area contributed by atoms with E-state index in [0.29, 0.717) is 16.7 Å². The summed E-state index contributed by atoms with van der Waals surface area (Å²) in [7, 11) is 0. The number of aromatic nitrogens is 2. The number of hydrogen-bond acceptors (Lipinski definition) is 5. The third kappa shape index (κ3) is 5.05. The van der Waals surface area contributed by atoms with Gasteiger partial charge >= 0.3 is 12.1 Å². The van der Waals surface area contributed by atoms with Gasteiger partial charge in [0, 0.05) is 17.2 Å². The predicted molar refractivity (Wildman–Crippen MR) is 125 cm³/mol. The number of allylic oxidation sites excluding steroid dienone is 4. The summed E-state index contributed by atoms with van der Waals surface area (Å²) in [6.45, 7) is 2.87. The monoisotopic (exact) mass is 483 g/mol. The molecule has 1 aromatic heterocycles. The van der Waals surface area contributed by atoms with Gasteiger partial charge < -0.3 is 14.9 Å². The van der Waals surface area contributed by atoms with Crippen molar-refractivity contribution in [3.05, 3.63) is 83.8 Å². The van der Waals surface area contributed by atoms with Gasteiger partial charge in [-0.15, -0.1) is 0 Å². The lowest BCUT2D eigenvalue weighted by atomic mass is 9.70. The number of halogens is 3. The lowest BCUT2D eigenvalue weighted by Crippen LogP contribution is -2.37. The molecule has 3 aromatic rings. The van der Waals surface area contributed by atoms with Gasteiger partial charge in [0.05, 0.1) is 12.0 Å². The highest BCUT2D eigenvalue weighted by molar-refractivity contribution is 5.80. The molecular formula is C26H24F3N3O3. The number of aliphatic carboxylic acids is 1. The minimum Gasteiger partial charge on any atom is -0.480 e. The lowest BCUT2D eigenvalue weighted by molar-refractivity contribution is -0.194. The smallest absolute Gasteiger partial charge is 0.398 e. The second-order valence-electron chi connectivity index (χ2n) is 8.69. The van der Waals surface area contributed by atoms with E-state index in [1.54, 1.807) is 60.7 Å². The summed E-state index contributed by atoms with van der Waals surface area (Å²) in [4.78, 5) is 15.1. The second kappa shape index (κ2) is 9.50. The molecule has 4 rings (SSSR count). The second-order valence-corrected chi connectivity index (χ2v) is 8.69. The van der Waals surface area contributed by atoms with E-state index in [1.807, 2.05) is 6.92 Å². The highest BCUT2D eigenvalue weighted by Gasteiger charge is 2.55. The van der Waals surface area contributed by atoms with Gasteiger partial charge in [-0.25, -0.2) is 0 Å². The summed E-state index contributed by atoms with van der Waals surface area (Å²) in [6.07, 6.45) is -1.74. The fourth-order valence-corrected chi connectivity index (χ4v) is 4.09. The Morgan fingerprint density at radius 2 is 1.80 bits per heavy atom. The molecule has 0 bridgehead atoms. The molecule has 2 aromatic carbocycles. The van der Waals surface area contributed by atoms with E-state index in [0.717, 1.165) is 5.56 Å². The van der Waals surface area contributed by atoms with Gasteiger partial charge in [-0.1, -0.05) is 71.9 Å². The molecule has 2 atom stereocenters. The quantitative estimate of drug-likeness (QED) is 0.434. The van der Waals surface area contributed by atoms with Crippen LogP contribution in [0.1, 0.15) is 43.3 Å². The van der Waals surface area contributed by atoms with Crippen LogP contribution in [0.5, 0.6) is 0 Å². The van der Waals surface area contributed by atoms with Crippen molar-refractivity contribution < 1.29 is 27.6 Å². The zero-order valence-electron chi connectivity index (χ0n) is 19.1. The van der Waals surface area contributed by atoms with Crippen LogP contribution in [-0.2, 0) is 4.79 Å². The van der Waals surface area contributed by atoms with Crippen LogP contribution in [0, 0.1) is 5.41 Å². The van der Waals surface area contributed by atoms with E-state index >= 15 is 0 Å². The molecule has 0 amide bonds. The summed E-state index contributed by atoms with van der Waals surface area (Å²) < 4.78 is 48.1. The van der Waals surface area contributed by atoms with E-state index in [-0.39, 0.29) is 36.3 Å². The topological polar surface area (TPSA) is 88.2 Å². The number of nitrogens with one attached hydrogen (secondary N) is 1. The zero-order valence-corrected chi connectivity index (χ0v) is 19.1. The number of rotatable bonds is 7. The highest BCUT2D eigenvalue weighted by Crippen LogP contribution is 2.54. The van der Waals surface area contributed by atoms with Crippen molar-refractivity contribution in [1.82, 2.24) is 15.5 Å². The lowest BCUT2D eigenvalue weighted by Gasteiger charge is -2.37. The predicted octanol–water partition coefficient (Wildman–Crippen LogP) is 5.91. The average Bonchev–Trinajstić information content (AvgIpc) is 3.33. The summed E-state index contributed by atoms with van der Waals surface area (Å²) >= 11 is 0. The van der Waals surface area contributed by atoms with Crippen molar-refractivity contribution in [2.24, 2.45) is 5.41 Å². The van der Waals surface area contributed by atoms with E-state index in [2.05, 4.69) is 15.5 Å². The van der Waals surface area contributed by atoms with Crippen molar-refractivity contribution in [3.8, 4) is 11.4 Å². The van der Waals surface area contributed by atoms with Crippen molar-refractivity contribution >= 4 is 17.1 Å². The third-order valence-corrected chi connectivity index (χ3v) is 6.23. The van der Waals surface area contributed by atoms with Gasteiger partial charge in [0.25, 0.3) is 5.89 Å². The summed E-state index contributed by atoms with van der Waals surface area (Å²) in [5, 5.41) is 15.6. The molecule has 0 saturated heterocycles. The first-order chi connectivity index (χ1) is 16.6. The van der Waals surface area contributed by atoms with Crippen molar-refractivity contribution in [3.63, 3.8) is 0 Å². The van der Waals surface area contributed by atoms with Crippen molar-refractivity contribution in [2.45, 2.75) is 32.5 Å². The Bertz CT molecular complexity index is 1260. The molecule has 0 saturated carbocycles. The molecule has 0 spiro atoms. The van der Waals surface area contributed by atoms with Crippen LogP contribution >= 0.6 is 0 Å². The van der Waals surface area contributed by atoms with Gasteiger partial charge in [-0.3, -0.25) is 4.79 Å². The van der Waals surface area contributed by atoms with Crippen LogP contribution in [0.4, 0.5) is 13.2 Å². The Morgan fingerprint density at radius 3 is 2.43 bits per heavy atom. The molecule has 1 aliphatic carbocycles. The Balaban J connectivity index is 1.59. The first kappa shape index (κ1) is 24.4. The van der Waals surface area contributed by atoms with E-state index in [4.69, 9.17) is 9.63 Å². The Kier molecular flexibility index (Phi) is 6.62. The molecule has 2 unspecified atom stereocenters. The molecule has 9 heteroatoms. The summed E-state index contributed by atoms with van der Waals surface area (Å²) in [6, 6.07) is 15.5. The molecule has 0 aliphatic heterocycles. The highest BCUT2D eigenvalue weighted by atomic mass is 19.4. The van der Waals surface area contributed by atoms with Gasteiger partial charge in [-0.05, 0) is 37.0 Å². The molecule has 2 N–H and O–H groups in total. The fraction of sp³-hybridized carbons (Fsp3) is 0.269.